The standard InChI is InChI=1S/C22H27FN2O3/c1-16(2)28-13-12-27-15-17-6-5-7-18(14-17)24-20-10-11-25(22(20)26)21-9-4-3-8-19(21)23/h3-9,14,16,20,24H,10-13,15H2,1-2H3. The number of hydrogen-bond donors (Lipinski definition) is 1. The molecular weight excluding hydrogens is 359 g/mol. The molecule has 1 amide bonds. The van der Waals surface area contributed by atoms with E-state index >= 15 is 0 Å². The number of amides is 1. The van der Waals surface area contributed by atoms with Crippen molar-refractivity contribution in [3.63, 3.8) is 0 Å². The number of anilines is 2. The third-order valence-electron chi connectivity index (χ3n) is 4.56. The molecule has 1 aliphatic heterocycles. The summed E-state index contributed by atoms with van der Waals surface area (Å²) >= 11 is 0. The van der Waals surface area contributed by atoms with Crippen LogP contribution < -0.4 is 10.2 Å². The summed E-state index contributed by atoms with van der Waals surface area (Å²) in [6.07, 6.45) is 0.824. The summed E-state index contributed by atoms with van der Waals surface area (Å²) in [7, 11) is 0. The van der Waals surface area contributed by atoms with Crippen molar-refractivity contribution in [3.8, 4) is 0 Å². The van der Waals surface area contributed by atoms with Crippen LogP contribution in [0.1, 0.15) is 25.8 Å². The number of rotatable bonds is 9. The summed E-state index contributed by atoms with van der Waals surface area (Å²) in [5.41, 5.74) is 2.21. The van der Waals surface area contributed by atoms with Crippen LogP contribution in [0.25, 0.3) is 0 Å². The summed E-state index contributed by atoms with van der Waals surface area (Å²) in [6, 6.07) is 13.8. The summed E-state index contributed by atoms with van der Waals surface area (Å²) in [5, 5.41) is 3.27. The highest BCUT2D eigenvalue weighted by atomic mass is 19.1. The van der Waals surface area contributed by atoms with Crippen LogP contribution in [-0.2, 0) is 20.9 Å². The monoisotopic (exact) mass is 386 g/mol. The number of halogens is 1. The lowest BCUT2D eigenvalue weighted by atomic mass is 10.2. The molecule has 2 aromatic rings. The third-order valence-corrected chi connectivity index (χ3v) is 4.56. The minimum absolute atomic E-state index is 0.113. The lowest BCUT2D eigenvalue weighted by Gasteiger charge is -2.18. The Morgan fingerprint density at radius 1 is 1.18 bits per heavy atom. The van der Waals surface area contributed by atoms with E-state index in [0.29, 0.717) is 38.5 Å². The van der Waals surface area contributed by atoms with E-state index in [1.165, 1.54) is 11.0 Å². The first-order valence-electron chi connectivity index (χ1n) is 9.65. The molecule has 5 nitrogen and oxygen atoms in total. The van der Waals surface area contributed by atoms with E-state index in [-0.39, 0.29) is 23.9 Å². The molecule has 0 radical (unpaired) electrons. The molecule has 3 rings (SSSR count). The van der Waals surface area contributed by atoms with Gasteiger partial charge >= 0.3 is 0 Å². The first-order chi connectivity index (χ1) is 13.5. The predicted octanol–water partition coefficient (Wildman–Crippen LogP) is 3.98. The van der Waals surface area contributed by atoms with Crippen LogP contribution >= 0.6 is 0 Å². The zero-order chi connectivity index (χ0) is 19.9. The van der Waals surface area contributed by atoms with Gasteiger partial charge in [0.05, 0.1) is 31.6 Å². The number of benzene rings is 2. The molecule has 1 fully saturated rings. The van der Waals surface area contributed by atoms with Gasteiger partial charge in [0.1, 0.15) is 11.9 Å². The number of carbonyl (C=O) groups excluding carboxylic acids is 1. The van der Waals surface area contributed by atoms with Gasteiger partial charge in [0.2, 0.25) is 5.91 Å². The molecule has 1 saturated heterocycles. The van der Waals surface area contributed by atoms with Crippen molar-refractivity contribution in [2.75, 3.05) is 30.0 Å². The maximum Gasteiger partial charge on any atom is 0.249 e. The van der Waals surface area contributed by atoms with Crippen LogP contribution in [-0.4, -0.2) is 37.8 Å². The molecule has 0 aromatic heterocycles. The quantitative estimate of drug-likeness (QED) is 0.662. The predicted molar refractivity (Wildman–Crippen MR) is 108 cm³/mol. The molecule has 1 unspecified atom stereocenters. The van der Waals surface area contributed by atoms with Gasteiger partial charge in [0.25, 0.3) is 0 Å². The highest BCUT2D eigenvalue weighted by Gasteiger charge is 2.33. The second kappa shape index (κ2) is 9.66. The van der Waals surface area contributed by atoms with E-state index < -0.39 is 0 Å². The van der Waals surface area contributed by atoms with Gasteiger partial charge in [0.15, 0.2) is 0 Å². The van der Waals surface area contributed by atoms with E-state index in [4.69, 9.17) is 9.47 Å². The first-order valence-corrected chi connectivity index (χ1v) is 9.65. The molecule has 1 N–H and O–H groups in total. The van der Waals surface area contributed by atoms with Crippen LogP contribution in [0, 0.1) is 5.82 Å². The third kappa shape index (κ3) is 5.30. The SMILES string of the molecule is CC(C)OCCOCc1cccc(NC2CCN(c3ccccc3F)C2=O)c1. The number of para-hydroxylation sites is 1. The molecule has 0 spiro atoms. The van der Waals surface area contributed by atoms with Gasteiger partial charge in [0, 0.05) is 12.2 Å². The molecule has 6 heteroatoms. The lowest BCUT2D eigenvalue weighted by molar-refractivity contribution is -0.117. The minimum Gasteiger partial charge on any atom is -0.376 e. The maximum absolute atomic E-state index is 14.0. The largest absolute Gasteiger partial charge is 0.376 e. The normalized spacial score (nSPS) is 16.8. The van der Waals surface area contributed by atoms with Gasteiger partial charge in [-0.15, -0.1) is 0 Å². The van der Waals surface area contributed by atoms with Crippen molar-refractivity contribution in [1.29, 1.82) is 0 Å². The number of hydrogen-bond acceptors (Lipinski definition) is 4. The Kier molecular flexibility index (Phi) is 7.01. The second-order valence-corrected chi connectivity index (χ2v) is 7.10. The maximum atomic E-state index is 14.0. The molecule has 0 bridgehead atoms. The lowest BCUT2D eigenvalue weighted by Crippen LogP contribution is -2.33. The minimum atomic E-state index is -0.378. The number of ether oxygens (including phenoxy) is 2. The van der Waals surface area contributed by atoms with Crippen LogP contribution in [0.5, 0.6) is 0 Å². The van der Waals surface area contributed by atoms with E-state index in [1.807, 2.05) is 38.1 Å². The second-order valence-electron chi connectivity index (χ2n) is 7.10. The summed E-state index contributed by atoms with van der Waals surface area (Å²) in [4.78, 5) is 14.2. The fourth-order valence-electron chi connectivity index (χ4n) is 3.21. The van der Waals surface area contributed by atoms with Crippen molar-refractivity contribution in [2.24, 2.45) is 0 Å². The highest BCUT2D eigenvalue weighted by Crippen LogP contribution is 2.26. The van der Waals surface area contributed by atoms with Gasteiger partial charge in [-0.05, 0) is 50.1 Å². The summed E-state index contributed by atoms with van der Waals surface area (Å²) in [5.74, 6) is -0.491. The van der Waals surface area contributed by atoms with E-state index in [1.54, 1.807) is 18.2 Å². The van der Waals surface area contributed by atoms with Gasteiger partial charge < -0.3 is 19.7 Å². The molecule has 2 aromatic carbocycles. The van der Waals surface area contributed by atoms with Crippen LogP contribution in [0.3, 0.4) is 0 Å². The first kappa shape index (κ1) is 20.3. The van der Waals surface area contributed by atoms with Crippen LogP contribution in [0.15, 0.2) is 48.5 Å². The van der Waals surface area contributed by atoms with Gasteiger partial charge in [-0.1, -0.05) is 24.3 Å². The fourth-order valence-corrected chi connectivity index (χ4v) is 3.21. The Morgan fingerprint density at radius 3 is 2.79 bits per heavy atom. The van der Waals surface area contributed by atoms with Crippen LogP contribution in [0.2, 0.25) is 0 Å². The molecule has 0 aliphatic carbocycles. The van der Waals surface area contributed by atoms with Crippen LogP contribution in [0.4, 0.5) is 15.8 Å². The van der Waals surface area contributed by atoms with Crippen molar-refractivity contribution in [3.05, 3.63) is 59.9 Å². The zero-order valence-electron chi connectivity index (χ0n) is 16.4. The molecule has 1 aliphatic rings. The van der Waals surface area contributed by atoms with Crippen molar-refractivity contribution in [2.45, 2.75) is 39.0 Å². The van der Waals surface area contributed by atoms with Gasteiger partial charge in [-0.2, -0.15) is 0 Å². The number of nitrogens with one attached hydrogen (secondary N) is 1. The number of nitrogens with zero attached hydrogens (tertiary/aromatic N) is 1. The Labute approximate surface area is 165 Å². The topological polar surface area (TPSA) is 50.8 Å². The van der Waals surface area contributed by atoms with Gasteiger partial charge in [-0.3, -0.25) is 4.79 Å². The van der Waals surface area contributed by atoms with Crippen molar-refractivity contribution >= 4 is 17.3 Å². The Hall–Kier alpha value is -2.44. The van der Waals surface area contributed by atoms with E-state index in [2.05, 4.69) is 5.32 Å². The average Bonchev–Trinajstić information content (AvgIpc) is 3.02. The molecule has 28 heavy (non-hydrogen) atoms. The summed E-state index contributed by atoms with van der Waals surface area (Å²) in [6.45, 7) is 6.07. The summed E-state index contributed by atoms with van der Waals surface area (Å²) < 4.78 is 25.1. The molecule has 150 valence electrons. The van der Waals surface area contributed by atoms with Crippen molar-refractivity contribution in [1.82, 2.24) is 0 Å². The highest BCUT2D eigenvalue weighted by molar-refractivity contribution is 6.01. The van der Waals surface area contributed by atoms with Gasteiger partial charge in [-0.25, -0.2) is 4.39 Å². The zero-order valence-corrected chi connectivity index (χ0v) is 16.4. The number of carbonyl (C=O) groups is 1. The Bertz CT molecular complexity index is 797. The average molecular weight is 386 g/mol. The molecule has 1 heterocycles. The van der Waals surface area contributed by atoms with E-state index in [0.717, 1.165) is 11.3 Å². The molecule has 0 saturated carbocycles. The smallest absolute Gasteiger partial charge is 0.249 e. The Morgan fingerprint density at radius 2 is 2.00 bits per heavy atom. The van der Waals surface area contributed by atoms with E-state index in [9.17, 15) is 9.18 Å². The Balaban J connectivity index is 1.54. The molecule has 1 atom stereocenters. The fraction of sp³-hybridized carbons (Fsp3) is 0.409. The van der Waals surface area contributed by atoms with Crippen molar-refractivity contribution < 1.29 is 18.7 Å². The molecular formula is C22H27FN2O3.